The van der Waals surface area contributed by atoms with Gasteiger partial charge in [0.15, 0.2) is 5.16 Å². The van der Waals surface area contributed by atoms with Gasteiger partial charge in [0.1, 0.15) is 27.1 Å². The normalized spacial score (nSPS) is 13.2. The molecule has 1 aromatic heterocycles. The molecule has 1 aromatic carbocycles. The summed E-state index contributed by atoms with van der Waals surface area (Å²) in [7, 11) is 0. The van der Waals surface area contributed by atoms with Gasteiger partial charge in [0, 0.05) is 17.0 Å². The van der Waals surface area contributed by atoms with E-state index in [0.717, 1.165) is 5.56 Å². The van der Waals surface area contributed by atoms with Crippen LogP contribution < -0.4 is 5.56 Å². The second-order valence-corrected chi connectivity index (χ2v) is 11.9. The van der Waals surface area contributed by atoms with Gasteiger partial charge >= 0.3 is 5.97 Å². The fourth-order valence-electron chi connectivity index (χ4n) is 2.71. The van der Waals surface area contributed by atoms with Crippen LogP contribution in [-0.4, -0.2) is 43.4 Å². The summed E-state index contributed by atoms with van der Waals surface area (Å²) in [5.74, 6) is -0.502. The third-order valence-corrected chi connectivity index (χ3v) is 7.58. The maximum absolute atomic E-state index is 12.9. The molecule has 180 valence electrons. The van der Waals surface area contributed by atoms with E-state index in [0.29, 0.717) is 34.4 Å². The van der Waals surface area contributed by atoms with E-state index in [1.54, 1.807) is 25.3 Å². The van der Waals surface area contributed by atoms with Gasteiger partial charge in [0.05, 0.1) is 18.0 Å². The summed E-state index contributed by atoms with van der Waals surface area (Å²) in [6.45, 7) is 7.31. The van der Waals surface area contributed by atoms with Gasteiger partial charge < -0.3 is 9.29 Å². The summed E-state index contributed by atoms with van der Waals surface area (Å²) in [6.07, 6.45) is 2.57. The molecule has 11 heteroatoms. The molecule has 1 unspecified atom stereocenters. The largest absolute Gasteiger partial charge is 0.591 e. The number of halogens is 2. The number of carbonyl (C=O) groups excluding carboxylic acids is 1. The van der Waals surface area contributed by atoms with Crippen LogP contribution in [0.25, 0.3) is 0 Å². The predicted molar refractivity (Wildman–Crippen MR) is 139 cm³/mol. The van der Waals surface area contributed by atoms with Crippen molar-refractivity contribution >= 4 is 62.3 Å². The van der Waals surface area contributed by atoms with Crippen LogP contribution in [0.15, 0.2) is 43.1 Å². The molecule has 0 spiro atoms. The van der Waals surface area contributed by atoms with Crippen molar-refractivity contribution in [2.24, 2.45) is 4.40 Å². The van der Waals surface area contributed by atoms with Gasteiger partial charge in [0.2, 0.25) is 0 Å². The zero-order valence-electron chi connectivity index (χ0n) is 19.2. The molecule has 1 atom stereocenters. The van der Waals surface area contributed by atoms with Crippen LogP contribution in [0.1, 0.15) is 45.4 Å². The average molecular weight is 577 g/mol. The lowest BCUT2D eigenvalue weighted by Gasteiger charge is -2.19. The Hall–Kier alpha value is -1.33. The van der Waals surface area contributed by atoms with E-state index in [9.17, 15) is 14.1 Å². The van der Waals surface area contributed by atoms with Crippen LogP contribution in [-0.2, 0) is 33.9 Å². The van der Waals surface area contributed by atoms with Crippen LogP contribution in [0.3, 0.4) is 0 Å². The minimum absolute atomic E-state index is 0.212. The van der Waals surface area contributed by atoms with Crippen LogP contribution in [0.5, 0.6) is 0 Å². The van der Waals surface area contributed by atoms with Gasteiger partial charge in [-0.2, -0.15) is 0 Å². The van der Waals surface area contributed by atoms with E-state index in [-0.39, 0.29) is 23.2 Å². The van der Waals surface area contributed by atoms with Gasteiger partial charge in [-0.15, -0.1) is 0 Å². The molecule has 0 N–H and O–H groups in total. The molecule has 2 aromatic rings. The summed E-state index contributed by atoms with van der Waals surface area (Å²) < 4.78 is 23.2. The van der Waals surface area contributed by atoms with Gasteiger partial charge in [0.25, 0.3) is 5.56 Å². The third-order valence-electron chi connectivity index (χ3n) is 4.42. The molecule has 7 nitrogen and oxygen atoms in total. The number of aryl methyl sites for hydroxylation is 1. The highest BCUT2D eigenvalue weighted by Gasteiger charge is 2.28. The van der Waals surface area contributed by atoms with E-state index >= 15 is 0 Å². The van der Waals surface area contributed by atoms with Crippen LogP contribution >= 0.6 is 39.3 Å². The molecule has 1 heterocycles. The Balaban J connectivity index is 2.39. The maximum atomic E-state index is 12.9. The molecule has 0 amide bonds. The van der Waals surface area contributed by atoms with Crippen molar-refractivity contribution in [3.63, 3.8) is 0 Å². The highest BCUT2D eigenvalue weighted by molar-refractivity contribution is 9.10. The van der Waals surface area contributed by atoms with E-state index in [1.807, 2.05) is 32.9 Å². The molecular formula is C22H27BrClN3O4S2. The highest BCUT2D eigenvalue weighted by Crippen LogP contribution is 2.23. The lowest BCUT2D eigenvalue weighted by Crippen LogP contribution is -2.29. The van der Waals surface area contributed by atoms with Crippen molar-refractivity contribution in [2.75, 3.05) is 12.9 Å². The summed E-state index contributed by atoms with van der Waals surface area (Å²) in [6, 6.07) is 7.16. The van der Waals surface area contributed by atoms with Crippen molar-refractivity contribution in [3.05, 3.63) is 55.4 Å². The third kappa shape index (κ3) is 7.85. The molecule has 0 saturated carbocycles. The van der Waals surface area contributed by atoms with Crippen molar-refractivity contribution < 1.29 is 14.1 Å². The van der Waals surface area contributed by atoms with Crippen LogP contribution in [0, 0.1) is 0 Å². The van der Waals surface area contributed by atoms with Crippen molar-refractivity contribution in [1.29, 1.82) is 0 Å². The first kappa shape index (κ1) is 27.9. The fourth-order valence-corrected chi connectivity index (χ4v) is 4.58. The highest BCUT2D eigenvalue weighted by atomic mass is 79.9. The van der Waals surface area contributed by atoms with Crippen molar-refractivity contribution in [1.82, 2.24) is 9.55 Å². The first-order valence-electron chi connectivity index (χ1n) is 10.2. The molecular weight excluding hydrogens is 550 g/mol. The maximum Gasteiger partial charge on any atom is 0.326 e. The molecule has 0 bridgehead atoms. The number of carbonyl (C=O) groups is 1. The van der Waals surface area contributed by atoms with E-state index in [4.69, 9.17) is 16.3 Å². The molecule has 0 saturated heterocycles. The number of hydrogen-bond acceptors (Lipinski definition) is 7. The Morgan fingerprint density at radius 3 is 2.52 bits per heavy atom. The predicted octanol–water partition coefficient (Wildman–Crippen LogP) is 4.83. The second-order valence-electron chi connectivity index (χ2n) is 7.96. The number of rotatable bonds is 9. The standard InChI is InChI=1S/C22H27BrClN3O4S2/c1-6-31-18(28)13-27-20(29)19(23)17(25-21(27)32-5)12-11-16(26-33(30)22(2,3)4)14-7-9-15(24)10-8-14/h7-10H,6,11-13H2,1-5H3. The zero-order chi connectivity index (χ0) is 24.8. The smallest absolute Gasteiger partial charge is 0.326 e. The topological polar surface area (TPSA) is 96.6 Å². The minimum Gasteiger partial charge on any atom is -0.591 e. The van der Waals surface area contributed by atoms with Crippen molar-refractivity contribution in [3.8, 4) is 0 Å². The summed E-state index contributed by atoms with van der Waals surface area (Å²) in [5, 5.41) is 1.00. The van der Waals surface area contributed by atoms with E-state index in [1.165, 1.54) is 16.3 Å². The number of benzene rings is 1. The number of hydrogen-bond donors (Lipinski definition) is 0. The Labute approximate surface area is 214 Å². The SMILES string of the molecule is CCOC(=O)Cn1c(SC)nc(CCC(=N[S+]([O-])C(C)(C)C)c2ccc(Cl)cc2)c(Br)c1=O. The molecule has 0 aliphatic rings. The summed E-state index contributed by atoms with van der Waals surface area (Å²) in [5.41, 5.74) is 1.61. The zero-order valence-corrected chi connectivity index (χ0v) is 23.2. The molecule has 0 aliphatic carbocycles. The number of ether oxygens (including phenoxy) is 1. The van der Waals surface area contributed by atoms with Crippen molar-refractivity contribution in [2.45, 2.75) is 57.0 Å². The average Bonchev–Trinajstić information content (AvgIpc) is 2.75. The first-order valence-corrected chi connectivity index (χ1v) is 13.7. The van der Waals surface area contributed by atoms with Gasteiger partial charge in [-0.3, -0.25) is 14.2 Å². The number of esters is 1. The Morgan fingerprint density at radius 2 is 1.97 bits per heavy atom. The van der Waals surface area contributed by atoms with Gasteiger partial charge in [-0.1, -0.05) is 39.9 Å². The number of aromatic nitrogens is 2. The monoisotopic (exact) mass is 575 g/mol. The lowest BCUT2D eigenvalue weighted by atomic mass is 10.0. The molecule has 0 fully saturated rings. The van der Waals surface area contributed by atoms with Gasteiger partial charge in [-0.05, 0) is 68.4 Å². The molecule has 33 heavy (non-hydrogen) atoms. The summed E-state index contributed by atoms with van der Waals surface area (Å²) in [4.78, 5) is 29.4. The van der Waals surface area contributed by atoms with E-state index in [2.05, 4.69) is 25.3 Å². The Kier molecular flexibility index (Phi) is 10.5. The summed E-state index contributed by atoms with van der Waals surface area (Å²) >= 11 is 9.18. The first-order chi connectivity index (χ1) is 15.5. The molecule has 0 radical (unpaired) electrons. The Bertz CT molecular complexity index is 1070. The second kappa shape index (κ2) is 12.4. The number of nitrogens with zero attached hydrogens (tertiary/aromatic N) is 3. The van der Waals surface area contributed by atoms with Crippen LogP contribution in [0.2, 0.25) is 5.02 Å². The fraction of sp³-hybridized carbons (Fsp3) is 0.455. The molecule has 0 aliphatic heterocycles. The lowest BCUT2D eigenvalue weighted by molar-refractivity contribution is -0.144. The number of thioether (sulfide) groups is 1. The van der Waals surface area contributed by atoms with E-state index < -0.39 is 22.1 Å². The minimum atomic E-state index is -1.46. The Morgan fingerprint density at radius 1 is 1.33 bits per heavy atom. The quantitative estimate of drug-likeness (QED) is 0.139. The van der Waals surface area contributed by atoms with Crippen LogP contribution in [0.4, 0.5) is 0 Å². The van der Waals surface area contributed by atoms with Gasteiger partial charge in [-0.25, -0.2) is 4.98 Å². The molecule has 2 rings (SSSR count).